The van der Waals surface area contributed by atoms with Gasteiger partial charge in [0.05, 0.1) is 27.3 Å². The lowest BCUT2D eigenvalue weighted by atomic mass is 10.1. The van der Waals surface area contributed by atoms with E-state index in [1.54, 1.807) is 6.92 Å². The van der Waals surface area contributed by atoms with Gasteiger partial charge in [-0.2, -0.15) is 0 Å². The van der Waals surface area contributed by atoms with Crippen LogP contribution in [-0.2, 0) is 0 Å². The fraction of sp³-hybridized carbons (Fsp3) is 0.143. The number of anilines is 1. The molecule has 2 aromatic rings. The van der Waals surface area contributed by atoms with Gasteiger partial charge in [0, 0.05) is 0 Å². The van der Waals surface area contributed by atoms with Crippen LogP contribution in [0, 0.1) is 5.82 Å². The largest absolute Gasteiger partial charge is 0.507 e. The molecule has 0 aliphatic heterocycles. The molecule has 0 amide bonds. The molecule has 1 atom stereocenters. The second-order valence-electron chi connectivity index (χ2n) is 4.32. The van der Waals surface area contributed by atoms with Gasteiger partial charge in [-0.25, -0.2) is 4.39 Å². The predicted molar refractivity (Wildman–Crippen MR) is 78.2 cm³/mol. The Labute approximate surface area is 125 Å². The summed E-state index contributed by atoms with van der Waals surface area (Å²) < 4.78 is 13.1. The predicted octanol–water partition coefficient (Wildman–Crippen LogP) is 4.72. The molecule has 0 bridgehead atoms. The SMILES string of the molecule is CC(Nc1c(Cl)cc(F)cc1Cl)c1c(O)cccc1O. The van der Waals surface area contributed by atoms with Crippen LogP contribution in [0.1, 0.15) is 18.5 Å². The highest BCUT2D eigenvalue weighted by molar-refractivity contribution is 6.39. The molecule has 0 radical (unpaired) electrons. The third kappa shape index (κ3) is 2.92. The minimum absolute atomic E-state index is 0.0562. The van der Waals surface area contributed by atoms with Crippen LogP contribution in [0.25, 0.3) is 0 Å². The van der Waals surface area contributed by atoms with Gasteiger partial charge in [-0.05, 0) is 31.2 Å². The van der Waals surface area contributed by atoms with Crippen molar-refractivity contribution in [1.82, 2.24) is 0 Å². The van der Waals surface area contributed by atoms with E-state index in [0.717, 1.165) is 12.1 Å². The zero-order valence-electron chi connectivity index (χ0n) is 10.5. The highest BCUT2D eigenvalue weighted by Gasteiger charge is 2.17. The number of phenols is 2. The molecule has 3 N–H and O–H groups in total. The monoisotopic (exact) mass is 315 g/mol. The highest BCUT2D eigenvalue weighted by atomic mass is 35.5. The fourth-order valence-corrected chi connectivity index (χ4v) is 2.52. The molecule has 2 aromatic carbocycles. The van der Waals surface area contributed by atoms with Crippen molar-refractivity contribution >= 4 is 28.9 Å². The number of benzene rings is 2. The minimum Gasteiger partial charge on any atom is -0.507 e. The van der Waals surface area contributed by atoms with E-state index in [1.165, 1.54) is 18.2 Å². The molecule has 0 saturated heterocycles. The van der Waals surface area contributed by atoms with Crippen molar-refractivity contribution in [1.29, 1.82) is 0 Å². The molecule has 0 heterocycles. The average Bonchev–Trinajstić information content (AvgIpc) is 2.33. The summed E-state index contributed by atoms with van der Waals surface area (Å²) in [5, 5.41) is 22.8. The van der Waals surface area contributed by atoms with Gasteiger partial charge in [0.25, 0.3) is 0 Å². The van der Waals surface area contributed by atoms with Crippen molar-refractivity contribution in [3.63, 3.8) is 0 Å². The van der Waals surface area contributed by atoms with Crippen molar-refractivity contribution in [2.45, 2.75) is 13.0 Å². The van der Waals surface area contributed by atoms with Gasteiger partial charge < -0.3 is 15.5 Å². The molecule has 106 valence electrons. The van der Waals surface area contributed by atoms with E-state index < -0.39 is 11.9 Å². The Morgan fingerprint density at radius 1 is 1.10 bits per heavy atom. The van der Waals surface area contributed by atoms with E-state index in [1.807, 2.05) is 0 Å². The number of halogens is 3. The Hall–Kier alpha value is -1.65. The van der Waals surface area contributed by atoms with Gasteiger partial charge >= 0.3 is 0 Å². The quantitative estimate of drug-likeness (QED) is 0.768. The molecule has 0 spiro atoms. The van der Waals surface area contributed by atoms with Gasteiger partial charge in [0.1, 0.15) is 17.3 Å². The first-order chi connectivity index (χ1) is 9.40. The number of rotatable bonds is 3. The third-order valence-corrected chi connectivity index (χ3v) is 3.46. The first-order valence-electron chi connectivity index (χ1n) is 5.82. The maximum Gasteiger partial charge on any atom is 0.126 e. The Bertz CT molecular complexity index is 606. The molecule has 0 aromatic heterocycles. The number of hydrogen-bond donors (Lipinski definition) is 3. The Morgan fingerprint density at radius 2 is 1.60 bits per heavy atom. The highest BCUT2D eigenvalue weighted by Crippen LogP contribution is 2.38. The van der Waals surface area contributed by atoms with Crippen molar-refractivity contribution in [2.75, 3.05) is 5.32 Å². The molecule has 20 heavy (non-hydrogen) atoms. The van der Waals surface area contributed by atoms with Gasteiger partial charge in [-0.15, -0.1) is 0 Å². The standard InChI is InChI=1S/C14H12Cl2FNO2/c1-7(13-11(19)3-2-4-12(13)20)18-14-9(15)5-8(17)6-10(14)16/h2-7,18-20H,1H3. The van der Waals surface area contributed by atoms with Crippen LogP contribution < -0.4 is 5.32 Å². The van der Waals surface area contributed by atoms with E-state index in [0.29, 0.717) is 11.3 Å². The van der Waals surface area contributed by atoms with Crippen LogP contribution in [0.3, 0.4) is 0 Å². The first-order valence-corrected chi connectivity index (χ1v) is 6.57. The lowest BCUT2D eigenvalue weighted by molar-refractivity contribution is 0.434. The number of hydrogen-bond acceptors (Lipinski definition) is 3. The summed E-state index contributed by atoms with van der Waals surface area (Å²) in [7, 11) is 0. The second kappa shape index (κ2) is 5.77. The van der Waals surface area contributed by atoms with Crippen molar-refractivity contribution in [3.8, 4) is 11.5 Å². The maximum atomic E-state index is 13.1. The molecule has 0 fully saturated rings. The van der Waals surface area contributed by atoms with Gasteiger partial charge in [-0.1, -0.05) is 29.3 Å². The lowest BCUT2D eigenvalue weighted by Gasteiger charge is -2.19. The van der Waals surface area contributed by atoms with Crippen molar-refractivity contribution in [3.05, 3.63) is 51.8 Å². The number of phenolic OH excluding ortho intramolecular Hbond substituents is 2. The van der Waals surface area contributed by atoms with E-state index in [4.69, 9.17) is 23.2 Å². The zero-order valence-corrected chi connectivity index (χ0v) is 12.0. The summed E-state index contributed by atoms with van der Waals surface area (Å²) >= 11 is 11.9. The second-order valence-corrected chi connectivity index (χ2v) is 5.13. The van der Waals surface area contributed by atoms with Crippen LogP contribution in [0.5, 0.6) is 11.5 Å². The normalized spacial score (nSPS) is 12.2. The summed E-state index contributed by atoms with van der Waals surface area (Å²) in [5.74, 6) is -0.651. The summed E-state index contributed by atoms with van der Waals surface area (Å²) in [4.78, 5) is 0. The Morgan fingerprint density at radius 3 is 2.10 bits per heavy atom. The average molecular weight is 316 g/mol. The van der Waals surface area contributed by atoms with Gasteiger partial charge in [0.2, 0.25) is 0 Å². The van der Waals surface area contributed by atoms with Crippen LogP contribution in [-0.4, -0.2) is 10.2 Å². The molecule has 6 heteroatoms. The third-order valence-electron chi connectivity index (χ3n) is 2.86. The first kappa shape index (κ1) is 14.8. The smallest absolute Gasteiger partial charge is 0.126 e. The molecular weight excluding hydrogens is 304 g/mol. The summed E-state index contributed by atoms with van der Waals surface area (Å²) in [6.07, 6.45) is 0. The molecule has 0 aliphatic rings. The number of aromatic hydroxyl groups is 2. The molecule has 0 aliphatic carbocycles. The van der Waals surface area contributed by atoms with Crippen LogP contribution >= 0.6 is 23.2 Å². The summed E-state index contributed by atoms with van der Waals surface area (Å²) in [6.45, 7) is 1.71. The van der Waals surface area contributed by atoms with Crippen LogP contribution in [0.2, 0.25) is 10.0 Å². The topological polar surface area (TPSA) is 52.5 Å². The molecule has 2 rings (SSSR count). The van der Waals surface area contributed by atoms with E-state index in [-0.39, 0.29) is 21.5 Å². The molecule has 3 nitrogen and oxygen atoms in total. The number of nitrogens with one attached hydrogen (secondary N) is 1. The minimum atomic E-state index is -0.538. The van der Waals surface area contributed by atoms with E-state index in [2.05, 4.69) is 5.32 Å². The molecule has 0 saturated carbocycles. The van der Waals surface area contributed by atoms with Crippen LogP contribution in [0.4, 0.5) is 10.1 Å². The Kier molecular flexibility index (Phi) is 4.26. The van der Waals surface area contributed by atoms with Gasteiger partial charge in [0.15, 0.2) is 0 Å². The van der Waals surface area contributed by atoms with Crippen molar-refractivity contribution < 1.29 is 14.6 Å². The molecule has 1 unspecified atom stereocenters. The zero-order chi connectivity index (χ0) is 14.9. The van der Waals surface area contributed by atoms with Crippen LogP contribution in [0.15, 0.2) is 30.3 Å². The summed E-state index contributed by atoms with van der Waals surface area (Å²) in [6, 6.07) is 6.23. The van der Waals surface area contributed by atoms with Gasteiger partial charge in [-0.3, -0.25) is 0 Å². The lowest BCUT2D eigenvalue weighted by Crippen LogP contribution is -2.08. The van der Waals surface area contributed by atoms with Crippen molar-refractivity contribution in [2.24, 2.45) is 0 Å². The maximum absolute atomic E-state index is 13.1. The summed E-state index contributed by atoms with van der Waals surface area (Å²) in [5.41, 5.74) is 0.647. The van der Waals surface area contributed by atoms with E-state index in [9.17, 15) is 14.6 Å². The fourth-order valence-electron chi connectivity index (χ4n) is 1.95. The Balaban J connectivity index is 2.35. The molecular formula is C14H12Cl2FNO2. The van der Waals surface area contributed by atoms with E-state index >= 15 is 0 Å².